The van der Waals surface area contributed by atoms with Gasteiger partial charge in [-0.25, -0.2) is 0 Å². The van der Waals surface area contributed by atoms with Gasteiger partial charge < -0.3 is 27.9 Å². The predicted octanol–water partition coefficient (Wildman–Crippen LogP) is 21.6. The van der Waals surface area contributed by atoms with E-state index in [2.05, 4.69) is 74.6 Å². The monoisotopic (exact) mass is 1160 g/mol. The van der Waals surface area contributed by atoms with Crippen molar-refractivity contribution in [2.45, 2.75) is 335 Å². The minimum atomic E-state index is -4.64. The lowest BCUT2D eigenvalue weighted by atomic mass is 10.0. The highest BCUT2D eigenvalue weighted by Gasteiger charge is 2.22. The molecule has 0 saturated heterocycles. The highest BCUT2D eigenvalue weighted by molar-refractivity contribution is 7.45. The summed E-state index contributed by atoms with van der Waals surface area (Å²) in [5.74, 6) is -0.815. The molecule has 9 nitrogen and oxygen atoms in total. The van der Waals surface area contributed by atoms with Crippen molar-refractivity contribution in [1.29, 1.82) is 0 Å². The van der Waals surface area contributed by atoms with Gasteiger partial charge in [0.15, 0.2) is 6.10 Å². The standard InChI is InChI=1S/C71H132NO8P/c1-6-8-10-12-14-16-18-20-22-24-26-28-30-32-33-34-35-36-37-38-39-40-42-44-46-48-50-52-54-56-58-60-62-64-71(74)80-69(68-79-81(75,76)78-66-65-72(3,4)5)67-77-70(73)63-61-59-57-55-53-51-49-47-45-43-41-31-29-27-25-23-21-19-17-15-13-11-9-7-2/h8,10,14,16,20,22,26,28,32-33,69H,6-7,9,11-13,15,17-19,21,23-25,27,29-31,34-68H2,1-5H3/b10-8-,16-14-,22-20-,28-26-,33-32-. The molecule has 0 aliphatic rings. The second kappa shape index (κ2) is 62.2. The molecule has 0 spiro atoms. The van der Waals surface area contributed by atoms with Crippen LogP contribution >= 0.6 is 7.82 Å². The Morgan fingerprint density at radius 3 is 1.05 bits per heavy atom. The van der Waals surface area contributed by atoms with Crippen LogP contribution in [0.3, 0.4) is 0 Å². The number of esters is 2. The molecule has 0 N–H and O–H groups in total. The molecule has 81 heavy (non-hydrogen) atoms. The number of allylic oxidation sites excluding steroid dienone is 10. The topological polar surface area (TPSA) is 111 Å². The van der Waals surface area contributed by atoms with Crippen LogP contribution in [0.1, 0.15) is 328 Å². The van der Waals surface area contributed by atoms with E-state index in [9.17, 15) is 19.0 Å². The van der Waals surface area contributed by atoms with Crippen LogP contribution in [0.25, 0.3) is 0 Å². The van der Waals surface area contributed by atoms with Crippen molar-refractivity contribution < 1.29 is 42.1 Å². The number of hydrogen-bond acceptors (Lipinski definition) is 8. The van der Waals surface area contributed by atoms with Crippen LogP contribution in [0.4, 0.5) is 0 Å². The SMILES string of the molecule is CC/C=C\C/C=C\C/C=C\C/C=C\C/C=C\CCCCCCCCCCCCCCCCCCCC(=O)OC(COC(=O)CCCCCCCCCCCCCCCCCCCCCCCCCC)COP(=O)([O-])OCC[N+](C)(C)C. The molecule has 2 unspecified atom stereocenters. The number of quaternary nitrogens is 1. The van der Waals surface area contributed by atoms with Crippen molar-refractivity contribution in [3.8, 4) is 0 Å². The summed E-state index contributed by atoms with van der Waals surface area (Å²) in [5, 5.41) is 0. The van der Waals surface area contributed by atoms with Gasteiger partial charge in [-0.15, -0.1) is 0 Å². The van der Waals surface area contributed by atoms with Crippen LogP contribution in [0.15, 0.2) is 60.8 Å². The molecule has 0 bridgehead atoms. The summed E-state index contributed by atoms with van der Waals surface area (Å²) in [6.07, 6.45) is 81.6. The summed E-state index contributed by atoms with van der Waals surface area (Å²) in [4.78, 5) is 38.0. The molecule has 10 heteroatoms. The maximum Gasteiger partial charge on any atom is 0.306 e. The average molecular weight is 1160 g/mol. The van der Waals surface area contributed by atoms with E-state index < -0.39 is 26.5 Å². The number of nitrogens with zero attached hydrogens (tertiary/aromatic N) is 1. The van der Waals surface area contributed by atoms with Gasteiger partial charge in [0.05, 0.1) is 27.7 Å². The maximum absolute atomic E-state index is 12.9. The average Bonchev–Trinajstić information content (AvgIpc) is 3.43. The number of phosphoric ester groups is 1. The zero-order valence-corrected chi connectivity index (χ0v) is 54.9. The van der Waals surface area contributed by atoms with Crippen LogP contribution in [-0.4, -0.2) is 70.0 Å². The van der Waals surface area contributed by atoms with Gasteiger partial charge in [-0.1, -0.05) is 319 Å². The molecule has 2 atom stereocenters. The summed E-state index contributed by atoms with van der Waals surface area (Å²) < 4.78 is 34.3. The first-order chi connectivity index (χ1) is 39.5. The van der Waals surface area contributed by atoms with E-state index in [0.29, 0.717) is 17.4 Å². The Morgan fingerprint density at radius 2 is 0.704 bits per heavy atom. The van der Waals surface area contributed by atoms with Crippen molar-refractivity contribution in [3.63, 3.8) is 0 Å². The third-order valence-corrected chi connectivity index (χ3v) is 16.3. The molecule has 0 aliphatic heterocycles. The predicted molar refractivity (Wildman–Crippen MR) is 347 cm³/mol. The van der Waals surface area contributed by atoms with Gasteiger partial charge in [0.2, 0.25) is 0 Å². The lowest BCUT2D eigenvalue weighted by molar-refractivity contribution is -0.870. The van der Waals surface area contributed by atoms with Crippen LogP contribution in [0.2, 0.25) is 0 Å². The number of phosphoric acid groups is 1. The first-order valence-electron chi connectivity index (χ1n) is 34.5. The van der Waals surface area contributed by atoms with E-state index in [0.717, 1.165) is 70.6 Å². The minimum absolute atomic E-state index is 0.0292. The number of ether oxygens (including phenoxy) is 2. The van der Waals surface area contributed by atoms with Gasteiger partial charge in [0.1, 0.15) is 19.8 Å². The zero-order chi connectivity index (χ0) is 59.1. The van der Waals surface area contributed by atoms with E-state index in [1.54, 1.807) is 0 Å². The lowest BCUT2D eigenvalue weighted by Crippen LogP contribution is -2.37. The molecular formula is C71H132NO8P. The zero-order valence-electron chi connectivity index (χ0n) is 54.0. The molecular weight excluding hydrogens is 1030 g/mol. The largest absolute Gasteiger partial charge is 0.756 e. The number of carbonyl (C=O) groups excluding carboxylic acids is 2. The first kappa shape index (κ1) is 78.7. The summed E-state index contributed by atoms with van der Waals surface area (Å²) in [7, 11) is 1.18. The fourth-order valence-electron chi connectivity index (χ4n) is 10.0. The summed E-state index contributed by atoms with van der Waals surface area (Å²) in [5.41, 5.74) is 0. The highest BCUT2D eigenvalue weighted by Crippen LogP contribution is 2.38. The Kier molecular flexibility index (Phi) is 60.5. The Labute approximate surface area is 502 Å². The Bertz CT molecular complexity index is 1550. The summed E-state index contributed by atoms with van der Waals surface area (Å²) >= 11 is 0. The molecule has 474 valence electrons. The Balaban J connectivity index is 4.01. The molecule has 0 heterocycles. The maximum atomic E-state index is 12.9. The van der Waals surface area contributed by atoms with Crippen molar-refractivity contribution in [3.05, 3.63) is 60.8 Å². The van der Waals surface area contributed by atoms with Gasteiger partial charge in [0.25, 0.3) is 7.82 Å². The Morgan fingerprint density at radius 1 is 0.395 bits per heavy atom. The van der Waals surface area contributed by atoms with Crippen molar-refractivity contribution in [2.24, 2.45) is 0 Å². The minimum Gasteiger partial charge on any atom is -0.756 e. The van der Waals surface area contributed by atoms with Crippen LogP contribution in [0, 0.1) is 0 Å². The fraction of sp³-hybridized carbons (Fsp3) is 0.831. The third kappa shape index (κ3) is 66.7. The lowest BCUT2D eigenvalue weighted by Gasteiger charge is -2.28. The number of carbonyl (C=O) groups is 2. The van der Waals surface area contributed by atoms with Crippen molar-refractivity contribution in [2.75, 3.05) is 47.5 Å². The Hall–Kier alpha value is -2.29. The highest BCUT2D eigenvalue weighted by atomic mass is 31.2. The number of rotatable bonds is 64. The quantitative estimate of drug-likeness (QED) is 0.0195. The molecule has 0 aliphatic carbocycles. The molecule has 0 aromatic heterocycles. The third-order valence-electron chi connectivity index (χ3n) is 15.3. The fourth-order valence-corrected chi connectivity index (χ4v) is 10.8. The van der Waals surface area contributed by atoms with E-state index >= 15 is 0 Å². The van der Waals surface area contributed by atoms with Crippen molar-refractivity contribution in [1.82, 2.24) is 0 Å². The molecule has 0 fully saturated rings. The van der Waals surface area contributed by atoms with Gasteiger partial charge in [-0.05, 0) is 57.8 Å². The number of hydrogen-bond donors (Lipinski definition) is 0. The molecule has 0 aromatic rings. The van der Waals surface area contributed by atoms with Gasteiger partial charge in [0, 0.05) is 12.8 Å². The van der Waals surface area contributed by atoms with E-state index in [4.69, 9.17) is 18.5 Å². The van der Waals surface area contributed by atoms with E-state index in [-0.39, 0.29) is 32.0 Å². The van der Waals surface area contributed by atoms with Crippen LogP contribution in [-0.2, 0) is 32.7 Å². The van der Waals surface area contributed by atoms with Gasteiger partial charge in [-0.3, -0.25) is 14.2 Å². The molecule has 0 aromatic carbocycles. The van der Waals surface area contributed by atoms with Crippen LogP contribution in [0.5, 0.6) is 0 Å². The van der Waals surface area contributed by atoms with E-state index in [1.165, 1.54) is 225 Å². The van der Waals surface area contributed by atoms with Crippen LogP contribution < -0.4 is 4.89 Å². The smallest absolute Gasteiger partial charge is 0.306 e. The van der Waals surface area contributed by atoms with Gasteiger partial charge >= 0.3 is 11.9 Å². The molecule has 0 rings (SSSR count). The molecule has 0 saturated carbocycles. The summed E-state index contributed by atoms with van der Waals surface area (Å²) in [6, 6.07) is 0. The van der Waals surface area contributed by atoms with Gasteiger partial charge in [-0.2, -0.15) is 0 Å². The summed E-state index contributed by atoms with van der Waals surface area (Å²) in [6.45, 7) is 4.19. The number of unbranched alkanes of at least 4 members (excludes halogenated alkanes) is 40. The molecule has 0 amide bonds. The second-order valence-electron chi connectivity index (χ2n) is 24.5. The van der Waals surface area contributed by atoms with Crippen molar-refractivity contribution >= 4 is 19.8 Å². The van der Waals surface area contributed by atoms with E-state index in [1.807, 2.05) is 21.1 Å². The molecule has 0 radical (unpaired) electrons. The normalized spacial score (nSPS) is 13.5. The second-order valence-corrected chi connectivity index (χ2v) is 25.9. The first-order valence-corrected chi connectivity index (χ1v) is 36.0. The number of likely N-dealkylation sites (N-methyl/N-ethyl adjacent to an activating group) is 1.